The molecule has 5 heteroatoms. The van der Waals surface area contributed by atoms with Gasteiger partial charge >= 0.3 is 5.97 Å². The van der Waals surface area contributed by atoms with Gasteiger partial charge in [0.25, 0.3) is 0 Å². The van der Waals surface area contributed by atoms with Gasteiger partial charge in [-0.25, -0.2) is 4.79 Å². The number of hydrogen-bond donors (Lipinski definition) is 0. The Balaban J connectivity index is 1.85. The van der Waals surface area contributed by atoms with E-state index in [0.29, 0.717) is 30.3 Å². The Bertz CT molecular complexity index is 812. The molecule has 0 bridgehead atoms. The van der Waals surface area contributed by atoms with Gasteiger partial charge in [-0.1, -0.05) is 26.8 Å². The average Bonchev–Trinajstić information content (AvgIpc) is 3.29. The highest BCUT2D eigenvalue weighted by Gasteiger charge is 2.29. The molecule has 2 aromatic heterocycles. The summed E-state index contributed by atoms with van der Waals surface area (Å²) in [5.74, 6) is 0.228. The van der Waals surface area contributed by atoms with Crippen molar-refractivity contribution in [2.75, 3.05) is 6.61 Å². The molecule has 0 spiro atoms. The topological polar surface area (TPSA) is 48.3 Å². The van der Waals surface area contributed by atoms with Crippen molar-refractivity contribution in [1.29, 1.82) is 0 Å². The van der Waals surface area contributed by atoms with Crippen LogP contribution in [0.3, 0.4) is 0 Å². The Morgan fingerprint density at radius 3 is 2.80 bits per heavy atom. The molecule has 25 heavy (non-hydrogen) atoms. The molecule has 0 aliphatic carbocycles. The number of esters is 1. The van der Waals surface area contributed by atoms with Gasteiger partial charge in [0, 0.05) is 6.54 Å². The molecular formula is C20H23NO3S. The van der Waals surface area contributed by atoms with E-state index in [9.17, 15) is 9.59 Å². The minimum Gasteiger partial charge on any atom is -0.462 e. The number of rotatable bonds is 7. The van der Waals surface area contributed by atoms with Crippen LogP contribution in [-0.2, 0) is 22.5 Å². The van der Waals surface area contributed by atoms with Crippen LogP contribution in [0.5, 0.6) is 0 Å². The lowest BCUT2D eigenvalue weighted by Crippen LogP contribution is -2.11. The van der Waals surface area contributed by atoms with Gasteiger partial charge in [0.15, 0.2) is 0 Å². The van der Waals surface area contributed by atoms with Gasteiger partial charge in [0.1, 0.15) is 0 Å². The zero-order chi connectivity index (χ0) is 18.0. The molecule has 4 nitrogen and oxygen atoms in total. The maximum absolute atomic E-state index is 12.9. The van der Waals surface area contributed by atoms with Crippen molar-refractivity contribution in [2.24, 2.45) is 5.92 Å². The minimum atomic E-state index is -0.297. The zero-order valence-electron chi connectivity index (χ0n) is 14.9. The molecule has 132 valence electrons. The third-order valence-corrected chi connectivity index (χ3v) is 5.29. The second-order valence-electron chi connectivity index (χ2n) is 6.61. The van der Waals surface area contributed by atoms with Gasteiger partial charge in [0.05, 0.1) is 28.4 Å². The summed E-state index contributed by atoms with van der Waals surface area (Å²) in [6.45, 7) is 7.20. The fourth-order valence-corrected chi connectivity index (χ4v) is 3.68. The largest absolute Gasteiger partial charge is 0.462 e. The molecule has 0 N–H and O–H groups in total. The Labute approximate surface area is 152 Å². The van der Waals surface area contributed by atoms with Gasteiger partial charge < -0.3 is 9.30 Å². The van der Waals surface area contributed by atoms with E-state index in [2.05, 4.69) is 13.8 Å². The number of carbonyl (C=O) groups is 2. The summed E-state index contributed by atoms with van der Waals surface area (Å²) < 4.78 is 7.35. The Kier molecular flexibility index (Phi) is 5.23. The van der Waals surface area contributed by atoms with Crippen LogP contribution in [0.1, 0.15) is 53.8 Å². The van der Waals surface area contributed by atoms with Crippen molar-refractivity contribution in [1.82, 2.24) is 4.57 Å². The van der Waals surface area contributed by atoms with Gasteiger partial charge in [-0.15, -0.1) is 11.3 Å². The lowest BCUT2D eigenvalue weighted by atomic mass is 10.1. The van der Waals surface area contributed by atoms with Crippen LogP contribution >= 0.6 is 11.3 Å². The molecule has 2 aromatic rings. The number of nitrogens with zero attached hydrogens (tertiary/aromatic N) is 1. The Morgan fingerprint density at radius 1 is 1.36 bits per heavy atom. The molecule has 0 fully saturated rings. The maximum Gasteiger partial charge on any atom is 0.339 e. The number of aryl methyl sites for hydroxylation is 1. The number of fused-ring (bicyclic) bond motifs is 1. The quantitative estimate of drug-likeness (QED) is 0.547. The molecule has 0 aromatic carbocycles. The van der Waals surface area contributed by atoms with Crippen molar-refractivity contribution in [3.05, 3.63) is 51.5 Å². The highest BCUT2D eigenvalue weighted by molar-refractivity contribution is 7.12. The molecule has 0 saturated carbocycles. The van der Waals surface area contributed by atoms with E-state index in [4.69, 9.17) is 4.74 Å². The number of allylic oxidation sites excluding steroid dienone is 1. The standard InChI is InChI=1S/C20H23NO3S/c1-4-14-12-16-15(20(23)24-10-8-13(2)3)7-9-21(16)18(14)19(22)17-6-5-11-25-17/h5-7,11-13H,4,8-10H2,1-3H3. The second kappa shape index (κ2) is 7.40. The fraction of sp³-hybridized carbons (Fsp3) is 0.400. The Hall–Kier alpha value is -2.14. The lowest BCUT2D eigenvalue weighted by Gasteiger charge is -2.08. The fourth-order valence-electron chi connectivity index (χ4n) is 3.02. The van der Waals surface area contributed by atoms with Crippen LogP contribution in [0.25, 0.3) is 5.57 Å². The SMILES string of the molecule is CCc1cc2n(c1C(=O)c1cccs1)CC=C2C(=O)OCCC(C)C. The van der Waals surface area contributed by atoms with Crippen LogP contribution in [0.15, 0.2) is 29.7 Å². The first-order chi connectivity index (χ1) is 12.0. The average molecular weight is 357 g/mol. The van der Waals surface area contributed by atoms with Crippen LogP contribution in [0.2, 0.25) is 0 Å². The summed E-state index contributed by atoms with van der Waals surface area (Å²) in [4.78, 5) is 26.0. The number of carbonyl (C=O) groups excluding carboxylic acids is 2. The number of thiophene rings is 1. The number of ketones is 1. The molecule has 3 rings (SSSR count). The summed E-state index contributed by atoms with van der Waals surface area (Å²) in [5, 5.41) is 1.91. The third-order valence-electron chi connectivity index (χ3n) is 4.42. The monoisotopic (exact) mass is 357 g/mol. The van der Waals surface area contributed by atoms with E-state index in [1.54, 1.807) is 0 Å². The van der Waals surface area contributed by atoms with Gasteiger partial charge in [-0.2, -0.15) is 0 Å². The molecule has 1 aliphatic heterocycles. The van der Waals surface area contributed by atoms with Crippen LogP contribution in [0, 0.1) is 5.92 Å². The normalized spacial score (nSPS) is 13.0. The maximum atomic E-state index is 12.9. The first kappa shape index (κ1) is 17.7. The molecule has 1 aliphatic rings. The summed E-state index contributed by atoms with van der Waals surface area (Å²) in [5.41, 5.74) is 3.05. The Morgan fingerprint density at radius 2 is 2.16 bits per heavy atom. The molecule has 0 radical (unpaired) electrons. The molecular weight excluding hydrogens is 334 g/mol. The molecule has 0 atom stereocenters. The summed E-state index contributed by atoms with van der Waals surface area (Å²) in [6, 6.07) is 5.69. The van der Waals surface area contributed by atoms with Crippen molar-refractivity contribution >= 4 is 28.7 Å². The van der Waals surface area contributed by atoms with Crippen molar-refractivity contribution in [3.8, 4) is 0 Å². The molecule has 0 amide bonds. The van der Waals surface area contributed by atoms with Crippen LogP contribution in [0.4, 0.5) is 0 Å². The first-order valence-electron chi connectivity index (χ1n) is 8.71. The van der Waals surface area contributed by atoms with Crippen molar-refractivity contribution < 1.29 is 14.3 Å². The predicted molar refractivity (Wildman–Crippen MR) is 100.0 cm³/mol. The van der Waals surface area contributed by atoms with Gasteiger partial charge in [-0.05, 0) is 47.9 Å². The van der Waals surface area contributed by atoms with E-state index >= 15 is 0 Å². The summed E-state index contributed by atoms with van der Waals surface area (Å²) in [6.07, 6.45) is 3.46. The second-order valence-corrected chi connectivity index (χ2v) is 7.56. The highest BCUT2D eigenvalue weighted by atomic mass is 32.1. The first-order valence-corrected chi connectivity index (χ1v) is 9.59. The van der Waals surface area contributed by atoms with E-state index in [-0.39, 0.29) is 11.8 Å². The number of hydrogen-bond acceptors (Lipinski definition) is 4. The highest BCUT2D eigenvalue weighted by Crippen LogP contribution is 2.31. The van der Waals surface area contributed by atoms with Crippen LogP contribution in [-0.4, -0.2) is 22.9 Å². The molecule has 3 heterocycles. The van der Waals surface area contributed by atoms with E-state index < -0.39 is 0 Å². The van der Waals surface area contributed by atoms with Crippen molar-refractivity contribution in [2.45, 2.75) is 40.2 Å². The third kappa shape index (κ3) is 3.47. The van der Waals surface area contributed by atoms with Crippen molar-refractivity contribution in [3.63, 3.8) is 0 Å². The van der Waals surface area contributed by atoms with Gasteiger partial charge in [-0.3, -0.25) is 4.79 Å². The smallest absolute Gasteiger partial charge is 0.339 e. The van der Waals surface area contributed by atoms with Gasteiger partial charge in [0.2, 0.25) is 5.78 Å². The predicted octanol–water partition coefficient (Wildman–Crippen LogP) is 4.33. The van der Waals surface area contributed by atoms with E-state index in [0.717, 1.165) is 29.0 Å². The molecule has 0 saturated heterocycles. The lowest BCUT2D eigenvalue weighted by molar-refractivity contribution is -0.136. The number of aromatic nitrogens is 1. The minimum absolute atomic E-state index is 0.0286. The van der Waals surface area contributed by atoms with E-state index in [1.165, 1.54) is 11.3 Å². The summed E-state index contributed by atoms with van der Waals surface area (Å²) >= 11 is 1.44. The zero-order valence-corrected chi connectivity index (χ0v) is 15.7. The molecule has 0 unspecified atom stereocenters. The van der Waals surface area contributed by atoms with E-state index in [1.807, 2.05) is 41.1 Å². The summed E-state index contributed by atoms with van der Waals surface area (Å²) in [7, 11) is 0. The number of ether oxygens (including phenoxy) is 1. The van der Waals surface area contributed by atoms with Crippen LogP contribution < -0.4 is 0 Å².